The second kappa shape index (κ2) is 10.9. The summed E-state index contributed by atoms with van der Waals surface area (Å²) in [6, 6.07) is 0.623. The molecule has 7 heteroatoms. The second-order valence-electron chi connectivity index (χ2n) is 9.29. The van der Waals surface area contributed by atoms with Gasteiger partial charge in [0.2, 0.25) is 0 Å². The molecule has 0 aromatic heterocycles. The van der Waals surface area contributed by atoms with Crippen LogP contribution in [-0.2, 0) is 17.0 Å². The zero-order chi connectivity index (χ0) is 19.5. The summed E-state index contributed by atoms with van der Waals surface area (Å²) >= 11 is -0.556. The van der Waals surface area contributed by atoms with Crippen LogP contribution in [0.25, 0.3) is 4.98 Å². The van der Waals surface area contributed by atoms with E-state index in [1.165, 1.54) is 32.1 Å². The van der Waals surface area contributed by atoms with E-state index < -0.39 is 32.4 Å². The van der Waals surface area contributed by atoms with Crippen LogP contribution in [0.4, 0.5) is 4.39 Å². The molecule has 0 aromatic carbocycles. The summed E-state index contributed by atoms with van der Waals surface area (Å²) in [5, 5.41) is 1.63. The fraction of sp³-hybridized carbons (Fsp3) is 0.750. The fourth-order valence-electron chi connectivity index (χ4n) is 5.03. The van der Waals surface area contributed by atoms with Crippen LogP contribution in [0, 0.1) is 25.2 Å². The molecule has 156 valence electrons. The molecule has 27 heavy (non-hydrogen) atoms. The molecule has 0 heterocycles. The standard InChI is InChI=1S/C19H33FNSi2.CH3.2ClH.Ti/c1-14-12-16-17(13-14)19(11-10-18(16)20)22(2,3)23(4,5)21-15-8-6-7-9-15;;;;/h10-11,14-17H,6-9,12-13H2,1-5H3;1H3;2*1H;/q2*-1;;;+2/p-2. The molecule has 3 rings (SSSR count). The third-order valence-electron chi connectivity index (χ3n) is 7.06. The molecule has 0 bridgehead atoms. The first-order valence-corrected chi connectivity index (χ1v) is 21.1. The van der Waals surface area contributed by atoms with Crippen molar-refractivity contribution in [3.63, 3.8) is 0 Å². The Morgan fingerprint density at radius 3 is 2.11 bits per heavy atom. The Balaban J connectivity index is 0.000000855. The first kappa shape index (κ1) is 26.1. The molecule has 2 fully saturated rings. The molecule has 0 amide bonds. The number of allylic oxidation sites excluding steroid dienone is 4. The minimum absolute atomic E-state index is 0. The van der Waals surface area contributed by atoms with Gasteiger partial charge in [0.15, 0.2) is 0 Å². The van der Waals surface area contributed by atoms with E-state index in [1.54, 1.807) is 11.3 Å². The van der Waals surface area contributed by atoms with Gasteiger partial charge in [-0.1, -0.05) is 77.8 Å². The average molecular weight is 484 g/mol. The van der Waals surface area contributed by atoms with Crippen molar-refractivity contribution in [3.05, 3.63) is 35.6 Å². The van der Waals surface area contributed by atoms with E-state index in [2.05, 4.69) is 39.2 Å². The van der Waals surface area contributed by atoms with E-state index in [1.807, 2.05) is 0 Å². The van der Waals surface area contributed by atoms with E-state index in [0.717, 1.165) is 6.42 Å². The predicted octanol–water partition coefficient (Wildman–Crippen LogP) is 8.12. The van der Waals surface area contributed by atoms with Gasteiger partial charge >= 0.3 is 35.6 Å². The number of hydrogen-bond acceptors (Lipinski definition) is 0. The quantitative estimate of drug-likeness (QED) is 0.283. The summed E-state index contributed by atoms with van der Waals surface area (Å²) in [6.07, 6.45) is 11.5. The molecule has 0 aliphatic heterocycles. The van der Waals surface area contributed by atoms with Gasteiger partial charge in [-0.05, 0) is 30.8 Å². The van der Waals surface area contributed by atoms with Gasteiger partial charge in [0, 0.05) is 13.5 Å². The molecule has 2 saturated carbocycles. The van der Waals surface area contributed by atoms with Crippen LogP contribution in [0.3, 0.4) is 0 Å². The van der Waals surface area contributed by atoms with Crippen molar-refractivity contribution in [1.82, 2.24) is 0 Å². The SMILES string of the molecule is CC1CC2C(F)=CC=C([Si](C)(C)[Si](C)(C)[N-]C3CCCC3)C2C1.[CH3-].[Cl][Ti][Cl]. The van der Waals surface area contributed by atoms with E-state index in [-0.39, 0.29) is 19.2 Å². The Kier molecular flexibility index (Phi) is 10.6. The third-order valence-corrected chi connectivity index (χ3v) is 23.5. The zero-order valence-electron chi connectivity index (χ0n) is 17.8. The van der Waals surface area contributed by atoms with Crippen molar-refractivity contribution in [1.29, 1.82) is 0 Å². The second-order valence-corrected chi connectivity index (χ2v) is 26.5. The van der Waals surface area contributed by atoms with Crippen molar-refractivity contribution in [2.24, 2.45) is 17.8 Å². The summed E-state index contributed by atoms with van der Waals surface area (Å²) < 4.78 is 14.3. The molecule has 0 N–H and O–H groups in total. The fourth-order valence-corrected chi connectivity index (χ4v) is 13.4. The molecular weight excluding hydrogens is 448 g/mol. The summed E-state index contributed by atoms with van der Waals surface area (Å²) in [6.45, 7) is 12.3. The van der Waals surface area contributed by atoms with Gasteiger partial charge in [-0.3, -0.25) is 0 Å². The molecule has 3 atom stereocenters. The molecular formula is C20H36Cl2FNSi2Ti-2. The van der Waals surface area contributed by atoms with Crippen LogP contribution >= 0.6 is 18.6 Å². The first-order valence-electron chi connectivity index (χ1n) is 9.90. The Hall–Kier alpha value is 1.10. The molecule has 0 saturated heterocycles. The van der Waals surface area contributed by atoms with Crippen LogP contribution in [0.2, 0.25) is 26.2 Å². The normalized spacial score (nSPS) is 28.4. The van der Waals surface area contributed by atoms with Crippen LogP contribution in [0.1, 0.15) is 45.4 Å². The van der Waals surface area contributed by atoms with Crippen molar-refractivity contribution in [2.75, 3.05) is 0 Å². The maximum atomic E-state index is 14.3. The molecule has 0 aromatic rings. The Morgan fingerprint density at radius 1 is 1.04 bits per heavy atom. The van der Waals surface area contributed by atoms with Gasteiger partial charge in [0.25, 0.3) is 0 Å². The first-order chi connectivity index (χ1) is 12.1. The van der Waals surface area contributed by atoms with E-state index >= 15 is 0 Å². The monoisotopic (exact) mass is 483 g/mol. The van der Waals surface area contributed by atoms with Crippen LogP contribution in [0.5, 0.6) is 0 Å². The zero-order valence-corrected chi connectivity index (χ0v) is 22.9. The Bertz CT molecular complexity index is 548. The van der Waals surface area contributed by atoms with Crippen molar-refractivity contribution >= 4 is 34.0 Å². The van der Waals surface area contributed by atoms with Crippen LogP contribution in [-0.4, -0.2) is 21.4 Å². The van der Waals surface area contributed by atoms with Gasteiger partial charge in [0.1, 0.15) is 5.83 Å². The van der Waals surface area contributed by atoms with Gasteiger partial charge in [0.05, 0.1) is 0 Å². The van der Waals surface area contributed by atoms with Gasteiger partial charge in [-0.15, -0.1) is 6.04 Å². The van der Waals surface area contributed by atoms with Crippen molar-refractivity contribution < 1.29 is 21.4 Å². The molecule has 3 aliphatic carbocycles. The summed E-state index contributed by atoms with van der Waals surface area (Å²) in [4.78, 5) is 5.45. The van der Waals surface area contributed by atoms with Gasteiger partial charge in [-0.25, -0.2) is 4.39 Å². The third kappa shape index (κ3) is 6.05. The van der Waals surface area contributed by atoms with Crippen LogP contribution < -0.4 is 0 Å². The van der Waals surface area contributed by atoms with E-state index in [0.29, 0.717) is 17.9 Å². The summed E-state index contributed by atoms with van der Waals surface area (Å²) in [5.74, 6) is 1.45. The van der Waals surface area contributed by atoms with Gasteiger partial charge in [-0.2, -0.15) is 0 Å². The maximum absolute atomic E-state index is 14.3. The molecule has 1 nitrogen and oxygen atoms in total. The number of fused-ring (bicyclic) bond motifs is 1. The van der Waals surface area contributed by atoms with Crippen molar-refractivity contribution in [3.8, 4) is 0 Å². The molecule has 3 aliphatic rings. The number of hydrogen-bond donors (Lipinski definition) is 0. The molecule has 0 radical (unpaired) electrons. The summed E-state index contributed by atoms with van der Waals surface area (Å²) in [5.41, 5.74) is 0. The molecule has 3 unspecified atom stereocenters. The Labute approximate surface area is 185 Å². The number of halogens is 3. The van der Waals surface area contributed by atoms with Gasteiger partial charge < -0.3 is 12.4 Å². The topological polar surface area (TPSA) is 14.1 Å². The van der Waals surface area contributed by atoms with E-state index in [4.69, 9.17) is 23.6 Å². The minimum atomic E-state index is -1.64. The predicted molar refractivity (Wildman–Crippen MR) is 121 cm³/mol. The van der Waals surface area contributed by atoms with E-state index in [9.17, 15) is 4.39 Å². The summed E-state index contributed by atoms with van der Waals surface area (Å²) in [7, 11) is 6.51. The number of nitrogens with zero attached hydrogens (tertiary/aromatic N) is 1. The average Bonchev–Trinajstić information content (AvgIpc) is 3.17. The number of rotatable bonds is 4. The van der Waals surface area contributed by atoms with Crippen LogP contribution in [0.15, 0.2) is 23.2 Å². The van der Waals surface area contributed by atoms with Crippen molar-refractivity contribution in [2.45, 2.75) is 77.7 Å². The Morgan fingerprint density at radius 2 is 1.56 bits per heavy atom. The molecule has 0 spiro atoms.